The van der Waals surface area contributed by atoms with Gasteiger partial charge in [-0.05, 0) is 19.3 Å². The topological polar surface area (TPSA) is 69.4 Å². The van der Waals surface area contributed by atoms with E-state index >= 15 is 0 Å². The normalized spacial score (nSPS) is 20.1. The molecular weight excluding hydrogens is 226 g/mol. The molecule has 0 radical (unpaired) electrons. The lowest BCUT2D eigenvalue weighted by molar-refractivity contribution is 0.0876. The summed E-state index contributed by atoms with van der Waals surface area (Å²) >= 11 is 0. The predicted molar refractivity (Wildman–Crippen MR) is 65.2 cm³/mol. The van der Waals surface area contributed by atoms with Gasteiger partial charge in [-0.15, -0.1) is 0 Å². The minimum absolute atomic E-state index is 0.149. The van der Waals surface area contributed by atoms with Crippen LogP contribution < -0.4 is 5.73 Å². The van der Waals surface area contributed by atoms with E-state index in [0.29, 0.717) is 19.6 Å². The fourth-order valence-corrected chi connectivity index (χ4v) is 2.87. The van der Waals surface area contributed by atoms with Gasteiger partial charge in [0.25, 0.3) is 0 Å². The quantitative estimate of drug-likeness (QED) is 0.686. The number of sulfone groups is 1. The van der Waals surface area contributed by atoms with Crippen LogP contribution in [0.5, 0.6) is 0 Å². The van der Waals surface area contributed by atoms with Crippen molar-refractivity contribution in [3.63, 3.8) is 0 Å². The molecule has 5 heteroatoms. The Labute approximate surface area is 98.5 Å². The third-order valence-corrected chi connectivity index (χ3v) is 4.96. The van der Waals surface area contributed by atoms with E-state index in [-0.39, 0.29) is 17.0 Å². The standard InChI is InChI=1S/C11H23NO3S/c1-2-16(13,14)9-5-8-15-10-11(12)6-3-4-7-11/h2-10,12H2,1H3. The Kier molecular flexibility index (Phi) is 5.21. The van der Waals surface area contributed by atoms with Crippen molar-refractivity contribution in [2.75, 3.05) is 24.7 Å². The number of ether oxygens (including phenoxy) is 1. The molecule has 0 heterocycles. The molecule has 0 amide bonds. The van der Waals surface area contributed by atoms with Crippen LogP contribution in [0, 0.1) is 0 Å². The first-order valence-electron chi connectivity index (χ1n) is 6.04. The van der Waals surface area contributed by atoms with E-state index in [2.05, 4.69) is 0 Å². The van der Waals surface area contributed by atoms with Crippen molar-refractivity contribution in [2.45, 2.75) is 44.6 Å². The van der Waals surface area contributed by atoms with Gasteiger partial charge in [-0.2, -0.15) is 0 Å². The molecule has 0 aromatic carbocycles. The van der Waals surface area contributed by atoms with Gasteiger partial charge in [0.05, 0.1) is 12.4 Å². The number of rotatable bonds is 7. The van der Waals surface area contributed by atoms with Gasteiger partial charge in [0.1, 0.15) is 9.84 Å². The van der Waals surface area contributed by atoms with Crippen molar-refractivity contribution < 1.29 is 13.2 Å². The summed E-state index contributed by atoms with van der Waals surface area (Å²) in [6, 6.07) is 0. The highest BCUT2D eigenvalue weighted by atomic mass is 32.2. The monoisotopic (exact) mass is 249 g/mol. The number of hydrogen-bond donors (Lipinski definition) is 1. The lowest BCUT2D eigenvalue weighted by Crippen LogP contribution is -2.41. The predicted octanol–water partition coefficient (Wildman–Crippen LogP) is 1.10. The molecule has 2 N–H and O–H groups in total. The summed E-state index contributed by atoms with van der Waals surface area (Å²) in [6.45, 7) is 2.74. The highest BCUT2D eigenvalue weighted by molar-refractivity contribution is 7.91. The Morgan fingerprint density at radius 3 is 2.50 bits per heavy atom. The molecule has 1 saturated carbocycles. The molecule has 1 fully saturated rings. The molecule has 0 unspecified atom stereocenters. The van der Waals surface area contributed by atoms with Crippen LogP contribution in [0.3, 0.4) is 0 Å². The highest BCUT2D eigenvalue weighted by Gasteiger charge is 2.29. The van der Waals surface area contributed by atoms with Gasteiger partial charge in [0.2, 0.25) is 0 Å². The molecule has 4 nitrogen and oxygen atoms in total. The van der Waals surface area contributed by atoms with E-state index in [9.17, 15) is 8.42 Å². The molecule has 1 rings (SSSR count). The summed E-state index contributed by atoms with van der Waals surface area (Å²) in [5.74, 6) is 0.439. The molecule has 0 spiro atoms. The van der Waals surface area contributed by atoms with Gasteiger partial charge < -0.3 is 10.5 Å². The van der Waals surface area contributed by atoms with Crippen LogP contribution in [0.4, 0.5) is 0 Å². The molecule has 0 saturated heterocycles. The molecule has 0 aromatic rings. The molecule has 0 aliphatic heterocycles. The van der Waals surface area contributed by atoms with E-state index in [1.807, 2.05) is 0 Å². The van der Waals surface area contributed by atoms with Gasteiger partial charge in [0, 0.05) is 17.9 Å². The summed E-state index contributed by atoms with van der Waals surface area (Å²) in [4.78, 5) is 0. The summed E-state index contributed by atoms with van der Waals surface area (Å²) in [6.07, 6.45) is 5.00. The average Bonchev–Trinajstić information content (AvgIpc) is 2.65. The Balaban J connectivity index is 2.08. The first-order chi connectivity index (χ1) is 7.47. The van der Waals surface area contributed by atoms with E-state index in [4.69, 9.17) is 10.5 Å². The molecule has 0 atom stereocenters. The minimum atomic E-state index is -2.85. The molecule has 16 heavy (non-hydrogen) atoms. The Morgan fingerprint density at radius 2 is 1.94 bits per heavy atom. The fourth-order valence-electron chi connectivity index (χ4n) is 2.02. The molecule has 0 aromatic heterocycles. The smallest absolute Gasteiger partial charge is 0.150 e. The van der Waals surface area contributed by atoms with Gasteiger partial charge in [0.15, 0.2) is 0 Å². The lowest BCUT2D eigenvalue weighted by atomic mass is 10.0. The number of hydrogen-bond acceptors (Lipinski definition) is 4. The van der Waals surface area contributed by atoms with Crippen molar-refractivity contribution in [3.8, 4) is 0 Å². The lowest BCUT2D eigenvalue weighted by Gasteiger charge is -2.23. The second kappa shape index (κ2) is 5.98. The van der Waals surface area contributed by atoms with Gasteiger partial charge in [-0.1, -0.05) is 19.8 Å². The van der Waals surface area contributed by atoms with Crippen LogP contribution in [0.15, 0.2) is 0 Å². The second-order valence-electron chi connectivity index (χ2n) is 4.71. The highest BCUT2D eigenvalue weighted by Crippen LogP contribution is 2.27. The van der Waals surface area contributed by atoms with Crippen LogP contribution in [0.25, 0.3) is 0 Å². The summed E-state index contributed by atoms with van der Waals surface area (Å²) in [5, 5.41) is 0. The van der Waals surface area contributed by atoms with Crippen molar-refractivity contribution in [1.82, 2.24) is 0 Å². The maximum Gasteiger partial charge on any atom is 0.150 e. The molecule has 0 bridgehead atoms. The summed E-state index contributed by atoms with van der Waals surface area (Å²) in [5.41, 5.74) is 5.96. The summed E-state index contributed by atoms with van der Waals surface area (Å²) in [7, 11) is -2.85. The largest absolute Gasteiger partial charge is 0.380 e. The zero-order valence-electron chi connectivity index (χ0n) is 10.1. The van der Waals surface area contributed by atoms with Crippen LogP contribution in [0.2, 0.25) is 0 Å². The van der Waals surface area contributed by atoms with Crippen molar-refractivity contribution >= 4 is 9.84 Å². The zero-order valence-corrected chi connectivity index (χ0v) is 10.9. The molecular formula is C11H23NO3S. The van der Waals surface area contributed by atoms with Crippen LogP contribution in [-0.2, 0) is 14.6 Å². The van der Waals surface area contributed by atoms with Gasteiger partial charge in [-0.3, -0.25) is 0 Å². The van der Waals surface area contributed by atoms with E-state index in [1.165, 1.54) is 12.8 Å². The Hall–Kier alpha value is -0.130. The van der Waals surface area contributed by atoms with Gasteiger partial charge in [-0.25, -0.2) is 8.42 Å². The molecule has 96 valence electrons. The Bertz CT molecular complexity index is 294. The second-order valence-corrected chi connectivity index (χ2v) is 7.18. The van der Waals surface area contributed by atoms with Crippen LogP contribution in [-0.4, -0.2) is 38.7 Å². The summed E-state index contributed by atoms with van der Waals surface area (Å²) < 4.78 is 27.9. The van der Waals surface area contributed by atoms with E-state index in [0.717, 1.165) is 12.8 Å². The van der Waals surface area contributed by atoms with Crippen molar-refractivity contribution in [2.24, 2.45) is 5.73 Å². The number of nitrogens with two attached hydrogens (primary N) is 1. The van der Waals surface area contributed by atoms with Crippen molar-refractivity contribution in [1.29, 1.82) is 0 Å². The third kappa shape index (κ3) is 4.80. The first-order valence-corrected chi connectivity index (χ1v) is 7.87. The zero-order chi connectivity index (χ0) is 12.1. The molecule has 1 aliphatic carbocycles. The average molecular weight is 249 g/mol. The first kappa shape index (κ1) is 13.9. The third-order valence-electron chi connectivity index (χ3n) is 3.17. The van der Waals surface area contributed by atoms with E-state index in [1.54, 1.807) is 6.92 Å². The van der Waals surface area contributed by atoms with E-state index < -0.39 is 9.84 Å². The van der Waals surface area contributed by atoms with Gasteiger partial charge >= 0.3 is 0 Å². The fraction of sp³-hybridized carbons (Fsp3) is 1.00. The van der Waals surface area contributed by atoms with Crippen molar-refractivity contribution in [3.05, 3.63) is 0 Å². The maximum atomic E-state index is 11.2. The molecule has 1 aliphatic rings. The minimum Gasteiger partial charge on any atom is -0.380 e. The maximum absolute atomic E-state index is 11.2. The van der Waals surface area contributed by atoms with Crippen LogP contribution >= 0.6 is 0 Å². The SMILES string of the molecule is CCS(=O)(=O)CCCOCC1(N)CCCC1. The Morgan fingerprint density at radius 1 is 1.31 bits per heavy atom. The van der Waals surface area contributed by atoms with Crippen LogP contribution in [0.1, 0.15) is 39.0 Å².